The van der Waals surface area contributed by atoms with Gasteiger partial charge in [0.05, 0.1) is 11.6 Å². The van der Waals surface area contributed by atoms with Gasteiger partial charge >= 0.3 is 0 Å². The maximum atomic E-state index is 12.4. The van der Waals surface area contributed by atoms with E-state index >= 15 is 0 Å². The number of piperidine rings is 1. The molecule has 19 heavy (non-hydrogen) atoms. The van der Waals surface area contributed by atoms with Gasteiger partial charge in [0.2, 0.25) is 0 Å². The molecule has 1 aromatic heterocycles. The fourth-order valence-electron chi connectivity index (χ4n) is 2.30. The molecule has 106 valence electrons. The number of hydrogen-bond donors (Lipinski definition) is 1. The molecule has 0 aromatic carbocycles. The minimum Gasteiger partial charge on any atom is -0.377 e. The second kappa shape index (κ2) is 5.56. The van der Waals surface area contributed by atoms with E-state index in [9.17, 15) is 4.79 Å². The highest BCUT2D eigenvalue weighted by molar-refractivity contribution is 7.09. The lowest BCUT2D eigenvalue weighted by atomic mass is 9.94. The van der Waals surface area contributed by atoms with E-state index in [1.807, 2.05) is 18.7 Å². The average Bonchev–Trinajstić information content (AvgIpc) is 2.87. The second-order valence-electron chi connectivity index (χ2n) is 5.34. The number of amides is 1. The van der Waals surface area contributed by atoms with Crippen molar-refractivity contribution in [2.45, 2.75) is 38.3 Å². The Balaban J connectivity index is 2.10. The third-order valence-electron chi connectivity index (χ3n) is 3.57. The summed E-state index contributed by atoms with van der Waals surface area (Å²) in [6.45, 7) is 5.30. The van der Waals surface area contributed by atoms with E-state index < -0.39 is 0 Å². The molecule has 1 saturated heterocycles. The number of hydrogen-bond acceptors (Lipinski definition) is 5. The molecule has 5 nitrogen and oxygen atoms in total. The molecule has 0 saturated carbocycles. The Kier molecular flexibility index (Phi) is 4.23. The molecule has 0 aliphatic carbocycles. The summed E-state index contributed by atoms with van der Waals surface area (Å²) in [5.74, 6) is -0.0221. The third kappa shape index (κ3) is 3.13. The van der Waals surface area contributed by atoms with E-state index in [4.69, 9.17) is 10.5 Å². The lowest BCUT2D eigenvalue weighted by molar-refractivity contribution is -0.0441. The summed E-state index contributed by atoms with van der Waals surface area (Å²) >= 11 is 1.44. The van der Waals surface area contributed by atoms with Crippen LogP contribution in [0.4, 0.5) is 0 Å². The number of methoxy groups -OCH3 is 1. The highest BCUT2D eigenvalue weighted by Gasteiger charge is 2.34. The first kappa shape index (κ1) is 14.4. The molecule has 1 fully saturated rings. The zero-order chi connectivity index (χ0) is 14.0. The van der Waals surface area contributed by atoms with Crippen molar-refractivity contribution in [3.05, 3.63) is 16.1 Å². The minimum absolute atomic E-state index is 0.0221. The van der Waals surface area contributed by atoms with Crippen molar-refractivity contribution in [2.24, 2.45) is 5.73 Å². The molecular weight excluding hydrogens is 262 g/mol. The van der Waals surface area contributed by atoms with Crippen molar-refractivity contribution >= 4 is 17.2 Å². The van der Waals surface area contributed by atoms with Crippen LogP contribution in [0.1, 0.15) is 48.2 Å². The number of nitrogens with two attached hydrogens (primary N) is 1. The highest BCUT2D eigenvalue weighted by Crippen LogP contribution is 2.25. The Labute approximate surface area is 117 Å². The van der Waals surface area contributed by atoms with Gasteiger partial charge in [-0.25, -0.2) is 4.98 Å². The molecule has 0 bridgehead atoms. The minimum atomic E-state index is -0.242. The van der Waals surface area contributed by atoms with Crippen molar-refractivity contribution in [2.75, 3.05) is 20.2 Å². The van der Waals surface area contributed by atoms with Crippen LogP contribution in [0.5, 0.6) is 0 Å². The van der Waals surface area contributed by atoms with Gasteiger partial charge in [-0.2, -0.15) is 0 Å². The van der Waals surface area contributed by atoms with Crippen LogP contribution < -0.4 is 5.73 Å². The van der Waals surface area contributed by atoms with Crippen molar-refractivity contribution in [3.63, 3.8) is 0 Å². The molecule has 1 aliphatic heterocycles. The molecule has 2 atom stereocenters. The van der Waals surface area contributed by atoms with Crippen LogP contribution in [0, 0.1) is 0 Å². The maximum Gasteiger partial charge on any atom is 0.273 e. The summed E-state index contributed by atoms with van der Waals surface area (Å²) in [6, 6.07) is -0.128. The number of thiazole rings is 1. The molecule has 0 radical (unpaired) electrons. The Morgan fingerprint density at radius 1 is 1.68 bits per heavy atom. The Bertz CT molecular complexity index is 460. The van der Waals surface area contributed by atoms with Gasteiger partial charge in [-0.1, -0.05) is 0 Å². The average molecular weight is 283 g/mol. The summed E-state index contributed by atoms with van der Waals surface area (Å²) in [5, 5.41) is 2.59. The topological polar surface area (TPSA) is 68.5 Å². The van der Waals surface area contributed by atoms with E-state index in [0.717, 1.165) is 24.4 Å². The first-order valence-electron chi connectivity index (χ1n) is 6.50. The summed E-state index contributed by atoms with van der Waals surface area (Å²) in [4.78, 5) is 18.6. The van der Waals surface area contributed by atoms with Crippen molar-refractivity contribution in [1.82, 2.24) is 9.88 Å². The number of carbonyl (C=O) groups excluding carboxylic acids is 1. The molecule has 2 rings (SSSR count). The van der Waals surface area contributed by atoms with Gasteiger partial charge in [-0.3, -0.25) is 4.79 Å². The van der Waals surface area contributed by atoms with Gasteiger partial charge in [0, 0.05) is 25.6 Å². The van der Waals surface area contributed by atoms with Crippen LogP contribution in [0.2, 0.25) is 0 Å². The first-order valence-corrected chi connectivity index (χ1v) is 7.38. The first-order chi connectivity index (χ1) is 8.95. The SMILES string of the molecule is COC1(C)CCCN(C(=O)c2csc(C(C)N)n2)C1. The number of carbonyl (C=O) groups is 1. The smallest absolute Gasteiger partial charge is 0.273 e. The third-order valence-corrected chi connectivity index (χ3v) is 4.62. The molecule has 1 aromatic rings. The van der Waals surface area contributed by atoms with Crippen LogP contribution in [-0.4, -0.2) is 41.6 Å². The van der Waals surface area contributed by atoms with E-state index in [0.29, 0.717) is 12.2 Å². The van der Waals surface area contributed by atoms with Crippen LogP contribution >= 0.6 is 11.3 Å². The van der Waals surface area contributed by atoms with Gasteiger partial charge in [-0.15, -0.1) is 11.3 Å². The summed E-state index contributed by atoms with van der Waals surface area (Å²) in [6.07, 6.45) is 1.94. The Hall–Kier alpha value is -0.980. The quantitative estimate of drug-likeness (QED) is 0.918. The molecule has 6 heteroatoms. The lowest BCUT2D eigenvalue weighted by Crippen LogP contribution is -2.49. The predicted octanol–water partition coefficient (Wildman–Crippen LogP) is 1.80. The van der Waals surface area contributed by atoms with E-state index in [1.165, 1.54) is 11.3 Å². The molecular formula is C13H21N3O2S. The largest absolute Gasteiger partial charge is 0.377 e. The molecule has 2 N–H and O–H groups in total. The predicted molar refractivity (Wildman–Crippen MR) is 75.3 cm³/mol. The van der Waals surface area contributed by atoms with Gasteiger partial charge < -0.3 is 15.4 Å². The van der Waals surface area contributed by atoms with Crippen LogP contribution in [0.15, 0.2) is 5.38 Å². The molecule has 0 spiro atoms. The van der Waals surface area contributed by atoms with E-state index in [2.05, 4.69) is 4.98 Å². The van der Waals surface area contributed by atoms with Gasteiger partial charge in [-0.05, 0) is 26.7 Å². The van der Waals surface area contributed by atoms with Crippen molar-refractivity contribution in [3.8, 4) is 0 Å². The van der Waals surface area contributed by atoms with E-state index in [-0.39, 0.29) is 17.6 Å². The number of aromatic nitrogens is 1. The fourth-order valence-corrected chi connectivity index (χ4v) is 3.05. The summed E-state index contributed by atoms with van der Waals surface area (Å²) < 4.78 is 5.51. The van der Waals surface area contributed by atoms with Crippen molar-refractivity contribution < 1.29 is 9.53 Å². The van der Waals surface area contributed by atoms with Gasteiger partial charge in [0.15, 0.2) is 0 Å². The van der Waals surface area contributed by atoms with Crippen molar-refractivity contribution in [1.29, 1.82) is 0 Å². The molecule has 1 amide bonds. The number of rotatable bonds is 3. The number of ether oxygens (including phenoxy) is 1. The fraction of sp³-hybridized carbons (Fsp3) is 0.692. The van der Waals surface area contributed by atoms with Crippen LogP contribution in [0.25, 0.3) is 0 Å². The number of nitrogens with zero attached hydrogens (tertiary/aromatic N) is 2. The molecule has 2 unspecified atom stereocenters. The van der Waals surface area contributed by atoms with E-state index in [1.54, 1.807) is 12.5 Å². The zero-order valence-electron chi connectivity index (χ0n) is 11.7. The van der Waals surface area contributed by atoms with Gasteiger partial charge in [0.25, 0.3) is 5.91 Å². The van der Waals surface area contributed by atoms with Crippen LogP contribution in [-0.2, 0) is 4.74 Å². The summed E-state index contributed by atoms with van der Waals surface area (Å²) in [5.41, 5.74) is 6.03. The van der Waals surface area contributed by atoms with Crippen LogP contribution in [0.3, 0.4) is 0 Å². The summed E-state index contributed by atoms with van der Waals surface area (Å²) in [7, 11) is 1.70. The second-order valence-corrected chi connectivity index (χ2v) is 6.23. The normalized spacial score (nSPS) is 25.4. The molecule has 1 aliphatic rings. The van der Waals surface area contributed by atoms with Gasteiger partial charge in [0.1, 0.15) is 10.7 Å². The highest BCUT2D eigenvalue weighted by atomic mass is 32.1. The maximum absolute atomic E-state index is 12.4. The number of likely N-dealkylation sites (tertiary alicyclic amines) is 1. The lowest BCUT2D eigenvalue weighted by Gasteiger charge is -2.39. The Morgan fingerprint density at radius 3 is 3.00 bits per heavy atom. The standard InChI is InChI=1S/C13H21N3O2S/c1-9(14)11-15-10(7-19-11)12(17)16-6-4-5-13(2,8-16)18-3/h7,9H,4-6,8,14H2,1-3H3. The molecule has 2 heterocycles. The Morgan fingerprint density at radius 2 is 2.42 bits per heavy atom. The monoisotopic (exact) mass is 283 g/mol. The zero-order valence-corrected chi connectivity index (χ0v) is 12.5.